The number of guanidine groups is 1. The second-order valence-electron chi connectivity index (χ2n) is 6.60. The van der Waals surface area contributed by atoms with Crippen LogP contribution in [0.5, 0.6) is 0 Å². The van der Waals surface area contributed by atoms with Crippen LogP contribution in [-0.2, 0) is 9.47 Å². The molecule has 1 saturated carbocycles. The summed E-state index contributed by atoms with van der Waals surface area (Å²) in [7, 11) is 1.87. The van der Waals surface area contributed by atoms with Crippen molar-refractivity contribution in [1.29, 1.82) is 0 Å². The van der Waals surface area contributed by atoms with Gasteiger partial charge in [0.25, 0.3) is 0 Å². The maximum atomic E-state index is 5.97. The molecule has 0 spiro atoms. The molecule has 2 fully saturated rings. The maximum Gasteiger partial charge on any atom is 0.193 e. The van der Waals surface area contributed by atoms with E-state index in [0.717, 1.165) is 58.1 Å². The summed E-state index contributed by atoms with van der Waals surface area (Å²) < 4.78 is 11.7. The van der Waals surface area contributed by atoms with Crippen LogP contribution < -0.4 is 5.32 Å². The van der Waals surface area contributed by atoms with E-state index >= 15 is 0 Å². The minimum Gasteiger partial charge on any atom is -0.378 e. The Bertz CT molecular complexity index is 335. The smallest absolute Gasteiger partial charge is 0.193 e. The Labute approximate surface area is 141 Å². The summed E-state index contributed by atoms with van der Waals surface area (Å²) in [5.74, 6) is 1.03. The number of rotatable bonds is 7. The molecule has 0 aromatic heterocycles. The van der Waals surface area contributed by atoms with Crippen molar-refractivity contribution >= 4 is 5.96 Å². The third-order valence-corrected chi connectivity index (χ3v) is 4.87. The highest BCUT2D eigenvalue weighted by atomic mass is 16.5. The van der Waals surface area contributed by atoms with Gasteiger partial charge in [-0.1, -0.05) is 19.3 Å². The van der Waals surface area contributed by atoms with E-state index in [4.69, 9.17) is 9.47 Å². The zero-order valence-corrected chi connectivity index (χ0v) is 15.1. The Balaban J connectivity index is 1.56. The average Bonchev–Trinajstić information content (AvgIpc) is 2.60. The molecule has 0 radical (unpaired) electrons. The molecule has 0 bridgehead atoms. The lowest BCUT2D eigenvalue weighted by Gasteiger charge is -2.34. The molecule has 0 atom stereocenters. The Morgan fingerprint density at radius 3 is 2.39 bits per heavy atom. The molecule has 1 aliphatic heterocycles. The molecule has 23 heavy (non-hydrogen) atoms. The molecule has 2 aliphatic rings. The fraction of sp³-hybridized carbons (Fsp3) is 0.944. The quantitative estimate of drug-likeness (QED) is 0.444. The van der Waals surface area contributed by atoms with Crippen molar-refractivity contribution in [3.8, 4) is 0 Å². The number of nitrogens with zero attached hydrogens (tertiary/aromatic N) is 2. The number of likely N-dealkylation sites (tertiary alicyclic amines) is 1. The zero-order chi connectivity index (χ0) is 16.3. The van der Waals surface area contributed by atoms with Crippen LogP contribution in [0.25, 0.3) is 0 Å². The molecule has 1 heterocycles. The summed E-state index contributed by atoms with van der Waals surface area (Å²) in [6, 6.07) is 0. The molecule has 1 saturated heterocycles. The van der Waals surface area contributed by atoms with E-state index in [1.807, 2.05) is 7.05 Å². The van der Waals surface area contributed by atoms with Gasteiger partial charge in [-0.05, 0) is 39.0 Å². The van der Waals surface area contributed by atoms with Crippen molar-refractivity contribution in [2.75, 3.05) is 39.9 Å². The lowest BCUT2D eigenvalue weighted by Crippen LogP contribution is -2.47. The van der Waals surface area contributed by atoms with E-state index in [2.05, 4.69) is 22.1 Å². The zero-order valence-electron chi connectivity index (χ0n) is 15.1. The molecule has 1 N–H and O–H groups in total. The number of piperidine rings is 1. The van der Waals surface area contributed by atoms with Crippen molar-refractivity contribution in [2.45, 2.75) is 70.5 Å². The number of hydrogen-bond acceptors (Lipinski definition) is 3. The lowest BCUT2D eigenvalue weighted by atomic mass is 9.98. The minimum atomic E-state index is 0.429. The first-order valence-electron chi connectivity index (χ1n) is 9.52. The van der Waals surface area contributed by atoms with Gasteiger partial charge in [0.1, 0.15) is 0 Å². The standard InChI is InChI=1S/C18H35N3O2/c1-3-22-17-10-13-21(14-11-17)18(19-2)20-12-7-15-23-16-8-5-4-6-9-16/h16-17H,3-15H2,1-2H3,(H,19,20). The molecule has 1 aliphatic carbocycles. The maximum absolute atomic E-state index is 5.97. The largest absolute Gasteiger partial charge is 0.378 e. The number of aliphatic imine (C=N–C) groups is 1. The first-order chi connectivity index (χ1) is 11.3. The van der Waals surface area contributed by atoms with Crippen LogP contribution in [0.1, 0.15) is 58.3 Å². The van der Waals surface area contributed by atoms with Crippen LogP contribution in [0.2, 0.25) is 0 Å². The van der Waals surface area contributed by atoms with Gasteiger partial charge < -0.3 is 19.7 Å². The van der Waals surface area contributed by atoms with Crippen LogP contribution in [-0.4, -0.2) is 63.0 Å². The van der Waals surface area contributed by atoms with Crippen LogP contribution in [0.15, 0.2) is 4.99 Å². The molecule has 0 unspecified atom stereocenters. The number of hydrogen-bond donors (Lipinski definition) is 1. The predicted molar refractivity (Wildman–Crippen MR) is 95.0 cm³/mol. The van der Waals surface area contributed by atoms with Gasteiger partial charge in [0.05, 0.1) is 12.2 Å². The monoisotopic (exact) mass is 325 g/mol. The predicted octanol–water partition coefficient (Wildman–Crippen LogP) is 2.80. The van der Waals surface area contributed by atoms with Crippen LogP contribution in [0.4, 0.5) is 0 Å². The topological polar surface area (TPSA) is 46.1 Å². The normalized spacial score (nSPS) is 21.7. The molecule has 5 nitrogen and oxygen atoms in total. The SMILES string of the molecule is CCOC1CCN(C(=NC)NCCCOC2CCCCC2)CC1. The van der Waals surface area contributed by atoms with Gasteiger partial charge in [0.15, 0.2) is 5.96 Å². The molecular formula is C18H35N3O2. The fourth-order valence-electron chi connectivity index (χ4n) is 3.56. The fourth-order valence-corrected chi connectivity index (χ4v) is 3.56. The van der Waals surface area contributed by atoms with Crippen molar-refractivity contribution < 1.29 is 9.47 Å². The summed E-state index contributed by atoms with van der Waals surface area (Å²) in [4.78, 5) is 6.76. The van der Waals surface area contributed by atoms with E-state index < -0.39 is 0 Å². The van der Waals surface area contributed by atoms with Gasteiger partial charge in [0, 0.05) is 39.9 Å². The Hall–Kier alpha value is -0.810. The number of nitrogens with one attached hydrogen (secondary N) is 1. The summed E-state index contributed by atoms with van der Waals surface area (Å²) >= 11 is 0. The third kappa shape index (κ3) is 6.68. The van der Waals surface area contributed by atoms with E-state index in [-0.39, 0.29) is 0 Å². The van der Waals surface area contributed by atoms with Gasteiger partial charge >= 0.3 is 0 Å². The van der Waals surface area contributed by atoms with Gasteiger partial charge in [-0.3, -0.25) is 4.99 Å². The van der Waals surface area contributed by atoms with Crippen molar-refractivity contribution in [3.05, 3.63) is 0 Å². The van der Waals surface area contributed by atoms with Crippen molar-refractivity contribution in [3.63, 3.8) is 0 Å². The second-order valence-corrected chi connectivity index (χ2v) is 6.60. The first kappa shape index (κ1) is 18.5. The van der Waals surface area contributed by atoms with Crippen molar-refractivity contribution in [1.82, 2.24) is 10.2 Å². The van der Waals surface area contributed by atoms with Gasteiger partial charge in [-0.2, -0.15) is 0 Å². The molecule has 0 aromatic rings. The highest BCUT2D eigenvalue weighted by Crippen LogP contribution is 2.20. The first-order valence-corrected chi connectivity index (χ1v) is 9.52. The average molecular weight is 325 g/mol. The van der Waals surface area contributed by atoms with Gasteiger partial charge in [-0.25, -0.2) is 0 Å². The summed E-state index contributed by atoms with van der Waals surface area (Å²) in [6.45, 7) is 6.75. The molecule has 0 amide bonds. The van der Waals surface area contributed by atoms with E-state index in [1.165, 1.54) is 32.1 Å². The van der Waals surface area contributed by atoms with Crippen LogP contribution in [0, 0.1) is 0 Å². The van der Waals surface area contributed by atoms with Gasteiger partial charge in [-0.15, -0.1) is 0 Å². The summed E-state index contributed by atoms with van der Waals surface area (Å²) in [5, 5.41) is 3.48. The summed E-state index contributed by atoms with van der Waals surface area (Å²) in [5.41, 5.74) is 0. The van der Waals surface area contributed by atoms with E-state index in [9.17, 15) is 0 Å². The molecule has 134 valence electrons. The minimum absolute atomic E-state index is 0.429. The molecule has 2 rings (SSSR count). The highest BCUT2D eigenvalue weighted by molar-refractivity contribution is 5.79. The second kappa shape index (κ2) is 10.9. The number of ether oxygens (including phenoxy) is 2. The molecule has 0 aromatic carbocycles. The van der Waals surface area contributed by atoms with E-state index in [1.54, 1.807) is 0 Å². The molecular weight excluding hydrogens is 290 g/mol. The lowest BCUT2D eigenvalue weighted by molar-refractivity contribution is 0.0254. The Kier molecular flexibility index (Phi) is 8.76. The van der Waals surface area contributed by atoms with Crippen LogP contribution in [0.3, 0.4) is 0 Å². The Morgan fingerprint density at radius 1 is 1.04 bits per heavy atom. The summed E-state index contributed by atoms with van der Waals surface area (Å²) in [6.07, 6.45) is 10.8. The van der Waals surface area contributed by atoms with Crippen LogP contribution >= 0.6 is 0 Å². The third-order valence-electron chi connectivity index (χ3n) is 4.87. The highest BCUT2D eigenvalue weighted by Gasteiger charge is 2.21. The van der Waals surface area contributed by atoms with E-state index in [0.29, 0.717) is 12.2 Å². The van der Waals surface area contributed by atoms with Gasteiger partial charge in [0.2, 0.25) is 0 Å². The molecule has 5 heteroatoms. The van der Waals surface area contributed by atoms with Crippen molar-refractivity contribution in [2.24, 2.45) is 4.99 Å². The Morgan fingerprint density at radius 2 is 1.74 bits per heavy atom.